The maximum Gasteiger partial charge on any atom is 0.326 e. The first kappa shape index (κ1) is 23.3. The van der Waals surface area contributed by atoms with Crippen LogP contribution in [0.5, 0.6) is 0 Å². The number of carbonyl (C=O) groups is 2. The van der Waals surface area contributed by atoms with Crippen molar-refractivity contribution >= 4 is 43.5 Å². The van der Waals surface area contributed by atoms with Crippen molar-refractivity contribution in [3.8, 4) is 0 Å². The van der Waals surface area contributed by atoms with Gasteiger partial charge < -0.3 is 9.30 Å². The molecule has 8 nitrogen and oxygen atoms in total. The van der Waals surface area contributed by atoms with E-state index in [1.165, 1.54) is 39.9 Å². The lowest BCUT2D eigenvalue weighted by atomic mass is 10.2. The minimum absolute atomic E-state index is 0.0535. The molecule has 0 radical (unpaired) electrons. The Morgan fingerprint density at radius 2 is 1.88 bits per heavy atom. The number of aryl methyl sites for hydroxylation is 1. The summed E-state index contributed by atoms with van der Waals surface area (Å²) in [6.07, 6.45) is 1.73. The van der Waals surface area contributed by atoms with Crippen molar-refractivity contribution in [2.24, 2.45) is 4.99 Å². The molecule has 1 heterocycles. The zero-order chi connectivity index (χ0) is 23.8. The van der Waals surface area contributed by atoms with Gasteiger partial charge in [-0.25, -0.2) is 8.42 Å². The molecular weight excluding hydrogens is 462 g/mol. The molecule has 4 rings (SSSR count). The van der Waals surface area contributed by atoms with Crippen LogP contribution in [-0.4, -0.2) is 48.9 Å². The molecule has 0 bridgehead atoms. The number of hydrogen-bond acceptors (Lipinski definition) is 6. The number of aromatic nitrogens is 1. The van der Waals surface area contributed by atoms with Gasteiger partial charge >= 0.3 is 5.97 Å². The van der Waals surface area contributed by atoms with Crippen molar-refractivity contribution in [2.45, 2.75) is 44.2 Å². The molecule has 2 aromatic carbocycles. The third kappa shape index (κ3) is 4.92. The first-order chi connectivity index (χ1) is 15.7. The van der Waals surface area contributed by atoms with E-state index in [9.17, 15) is 18.0 Å². The van der Waals surface area contributed by atoms with Crippen LogP contribution < -0.4 is 4.80 Å². The van der Waals surface area contributed by atoms with Crippen LogP contribution in [0.4, 0.5) is 0 Å². The SMILES string of the molecule is CCOC(=O)Cn1c(=NC(=O)c2ccc(S(=O)(=O)N(C)C3CC3)cc2)sc2cc(C)ccc21. The highest BCUT2D eigenvalue weighted by Crippen LogP contribution is 2.30. The minimum atomic E-state index is -3.59. The molecule has 1 fully saturated rings. The Morgan fingerprint density at radius 3 is 2.52 bits per heavy atom. The number of esters is 1. The van der Waals surface area contributed by atoms with E-state index in [0.717, 1.165) is 28.6 Å². The highest BCUT2D eigenvalue weighted by atomic mass is 32.2. The van der Waals surface area contributed by atoms with Crippen LogP contribution in [0, 0.1) is 6.92 Å². The highest BCUT2D eigenvalue weighted by molar-refractivity contribution is 7.89. The summed E-state index contributed by atoms with van der Waals surface area (Å²) >= 11 is 1.31. The first-order valence-electron chi connectivity index (χ1n) is 10.6. The summed E-state index contributed by atoms with van der Waals surface area (Å²) in [5.74, 6) is -0.934. The van der Waals surface area contributed by atoms with E-state index in [0.29, 0.717) is 4.80 Å². The lowest BCUT2D eigenvalue weighted by molar-refractivity contribution is -0.143. The van der Waals surface area contributed by atoms with Crippen molar-refractivity contribution in [1.29, 1.82) is 0 Å². The fourth-order valence-electron chi connectivity index (χ4n) is 3.48. The maximum absolute atomic E-state index is 12.9. The molecule has 0 atom stereocenters. The molecule has 1 saturated carbocycles. The standard InChI is InChI=1S/C23H25N3O5S2/c1-4-31-21(27)14-26-19-12-5-15(2)13-20(19)32-23(26)24-22(28)16-6-10-18(11-7-16)33(29,30)25(3)17-8-9-17/h5-7,10-13,17H,4,8-9,14H2,1-3H3. The van der Waals surface area contributed by atoms with Crippen molar-refractivity contribution in [2.75, 3.05) is 13.7 Å². The Balaban J connectivity index is 1.67. The molecule has 0 unspecified atom stereocenters. The van der Waals surface area contributed by atoms with Gasteiger partial charge in [-0.2, -0.15) is 9.30 Å². The zero-order valence-corrected chi connectivity index (χ0v) is 20.3. The van der Waals surface area contributed by atoms with Crippen LogP contribution in [0.1, 0.15) is 35.7 Å². The zero-order valence-electron chi connectivity index (χ0n) is 18.6. The molecule has 0 N–H and O–H groups in total. The second-order valence-corrected chi connectivity index (χ2v) is 10.9. The number of thiazole rings is 1. The first-order valence-corrected chi connectivity index (χ1v) is 12.9. The summed E-state index contributed by atoms with van der Waals surface area (Å²) in [5, 5.41) is 0. The van der Waals surface area contributed by atoms with E-state index in [1.807, 2.05) is 25.1 Å². The Morgan fingerprint density at radius 1 is 1.18 bits per heavy atom. The number of fused-ring (bicyclic) bond motifs is 1. The quantitative estimate of drug-likeness (QED) is 0.477. The van der Waals surface area contributed by atoms with E-state index < -0.39 is 21.9 Å². The Hall–Kier alpha value is -2.82. The molecule has 1 aliphatic carbocycles. The summed E-state index contributed by atoms with van der Waals surface area (Å²) in [5.41, 5.74) is 2.10. The van der Waals surface area contributed by atoms with Gasteiger partial charge in [0.2, 0.25) is 10.0 Å². The molecule has 1 aromatic heterocycles. The molecule has 3 aromatic rings. The summed E-state index contributed by atoms with van der Waals surface area (Å²) in [4.78, 5) is 29.8. The molecule has 10 heteroatoms. The summed E-state index contributed by atoms with van der Waals surface area (Å²) in [7, 11) is -2.01. The summed E-state index contributed by atoms with van der Waals surface area (Å²) < 4.78 is 34.4. The number of ether oxygens (including phenoxy) is 1. The fraction of sp³-hybridized carbons (Fsp3) is 0.348. The minimum Gasteiger partial charge on any atom is -0.465 e. The number of nitrogens with zero attached hydrogens (tertiary/aromatic N) is 3. The predicted octanol–water partition coefficient (Wildman–Crippen LogP) is 3.10. The van der Waals surface area contributed by atoms with E-state index in [1.54, 1.807) is 18.5 Å². The molecule has 0 saturated heterocycles. The van der Waals surface area contributed by atoms with Gasteiger partial charge in [-0.15, -0.1) is 0 Å². The number of carbonyl (C=O) groups excluding carboxylic acids is 2. The van der Waals surface area contributed by atoms with E-state index in [-0.39, 0.29) is 29.7 Å². The number of benzene rings is 2. The summed E-state index contributed by atoms with van der Waals surface area (Å²) in [6, 6.07) is 11.6. The predicted molar refractivity (Wildman–Crippen MR) is 125 cm³/mol. The van der Waals surface area contributed by atoms with Crippen LogP contribution in [0.25, 0.3) is 10.2 Å². The molecule has 174 valence electrons. The number of sulfonamides is 1. The van der Waals surface area contributed by atoms with Crippen LogP contribution in [0.3, 0.4) is 0 Å². The van der Waals surface area contributed by atoms with Crippen LogP contribution in [0.15, 0.2) is 52.4 Å². The Kier molecular flexibility index (Phi) is 6.51. The topological polar surface area (TPSA) is 98.0 Å². The average molecular weight is 488 g/mol. The highest BCUT2D eigenvalue weighted by Gasteiger charge is 2.35. The molecule has 33 heavy (non-hydrogen) atoms. The van der Waals surface area contributed by atoms with E-state index in [2.05, 4.69) is 4.99 Å². The normalized spacial score (nSPS) is 14.7. The van der Waals surface area contributed by atoms with Gasteiger partial charge in [0.05, 0.1) is 21.7 Å². The van der Waals surface area contributed by atoms with E-state index in [4.69, 9.17) is 4.74 Å². The molecular formula is C23H25N3O5S2. The van der Waals surface area contributed by atoms with Crippen LogP contribution >= 0.6 is 11.3 Å². The molecule has 1 aliphatic rings. The fourth-order valence-corrected chi connectivity index (χ4v) is 6.02. The van der Waals surface area contributed by atoms with Gasteiger partial charge in [-0.1, -0.05) is 17.4 Å². The van der Waals surface area contributed by atoms with Crippen molar-refractivity contribution < 1.29 is 22.7 Å². The third-order valence-electron chi connectivity index (χ3n) is 5.47. The second-order valence-electron chi connectivity index (χ2n) is 7.94. The maximum atomic E-state index is 12.9. The van der Waals surface area contributed by atoms with Crippen LogP contribution in [-0.2, 0) is 26.1 Å². The molecule has 0 spiro atoms. The van der Waals surface area contributed by atoms with Crippen molar-refractivity contribution in [1.82, 2.24) is 8.87 Å². The summed E-state index contributed by atoms with van der Waals surface area (Å²) in [6.45, 7) is 3.90. The molecule has 0 aliphatic heterocycles. The van der Waals surface area contributed by atoms with Crippen molar-refractivity contribution in [3.05, 3.63) is 58.4 Å². The van der Waals surface area contributed by atoms with Crippen molar-refractivity contribution in [3.63, 3.8) is 0 Å². The third-order valence-corrected chi connectivity index (χ3v) is 8.43. The van der Waals surface area contributed by atoms with Gasteiger partial charge in [-0.05, 0) is 68.7 Å². The van der Waals surface area contributed by atoms with Gasteiger partial charge in [0.15, 0.2) is 4.80 Å². The average Bonchev–Trinajstić information content (AvgIpc) is 3.58. The Bertz CT molecular complexity index is 1380. The number of hydrogen-bond donors (Lipinski definition) is 0. The Labute approximate surface area is 196 Å². The van der Waals surface area contributed by atoms with E-state index >= 15 is 0 Å². The second kappa shape index (κ2) is 9.20. The number of rotatable bonds is 7. The van der Waals surface area contributed by atoms with Gasteiger partial charge in [0.1, 0.15) is 6.54 Å². The van der Waals surface area contributed by atoms with Gasteiger partial charge in [0.25, 0.3) is 5.91 Å². The monoisotopic (exact) mass is 487 g/mol. The largest absolute Gasteiger partial charge is 0.465 e. The van der Waals surface area contributed by atoms with Gasteiger partial charge in [-0.3, -0.25) is 9.59 Å². The molecule has 1 amide bonds. The van der Waals surface area contributed by atoms with Crippen LogP contribution in [0.2, 0.25) is 0 Å². The lowest BCUT2D eigenvalue weighted by Gasteiger charge is -2.16. The van der Waals surface area contributed by atoms with Gasteiger partial charge in [0, 0.05) is 18.7 Å². The smallest absolute Gasteiger partial charge is 0.326 e. The lowest BCUT2D eigenvalue weighted by Crippen LogP contribution is -2.28. The number of amides is 1.